The molecule has 2 aromatic rings. The van der Waals surface area contributed by atoms with Gasteiger partial charge in [0.15, 0.2) is 0 Å². The fourth-order valence-corrected chi connectivity index (χ4v) is 2.90. The number of rotatable bonds is 3. The zero-order valence-electron chi connectivity index (χ0n) is 12.0. The molecule has 2 N–H and O–H groups in total. The molecule has 0 unspecified atom stereocenters. The molecule has 0 fully saturated rings. The van der Waals surface area contributed by atoms with Crippen molar-refractivity contribution in [2.24, 2.45) is 0 Å². The molecular weight excluding hydrogens is 292 g/mol. The van der Waals surface area contributed by atoms with E-state index in [-0.39, 0.29) is 12.1 Å². The van der Waals surface area contributed by atoms with Gasteiger partial charge in [-0.1, -0.05) is 0 Å². The third kappa shape index (κ3) is 3.10. The van der Waals surface area contributed by atoms with Crippen LogP contribution in [0.5, 0.6) is 0 Å². The highest BCUT2D eigenvalue weighted by atomic mass is 32.1. The zero-order valence-corrected chi connectivity index (χ0v) is 12.8. The van der Waals surface area contributed by atoms with Crippen LogP contribution in [0.15, 0.2) is 11.1 Å². The lowest BCUT2D eigenvalue weighted by Crippen LogP contribution is -2.42. The molecule has 2 rings (SSSR count). The Morgan fingerprint density at radius 3 is 2.76 bits per heavy atom. The molecule has 0 spiro atoms. The van der Waals surface area contributed by atoms with Gasteiger partial charge in [0.25, 0.3) is 5.56 Å². The fourth-order valence-electron chi connectivity index (χ4n) is 1.91. The van der Waals surface area contributed by atoms with Crippen molar-refractivity contribution in [3.63, 3.8) is 0 Å². The summed E-state index contributed by atoms with van der Waals surface area (Å²) in [5.74, 6) is -0.561. The molecule has 21 heavy (non-hydrogen) atoms. The van der Waals surface area contributed by atoms with Crippen LogP contribution < -0.4 is 16.2 Å². The first kappa shape index (κ1) is 15.2. The maximum absolute atomic E-state index is 12.4. The summed E-state index contributed by atoms with van der Waals surface area (Å²) in [6.07, 6.45) is 1.33. The van der Waals surface area contributed by atoms with Crippen molar-refractivity contribution < 1.29 is 9.59 Å². The molecule has 0 aliphatic heterocycles. The monoisotopic (exact) mass is 308 g/mol. The molecule has 2 heterocycles. The topological polar surface area (TPSA) is 93.1 Å². The number of fused-ring (bicyclic) bond motifs is 1. The predicted octanol–water partition coefficient (Wildman–Crippen LogP) is 0.921. The van der Waals surface area contributed by atoms with Crippen molar-refractivity contribution in [3.05, 3.63) is 27.1 Å². The van der Waals surface area contributed by atoms with Crippen LogP contribution in [0.4, 0.5) is 4.79 Å². The predicted molar refractivity (Wildman–Crippen MR) is 80.6 cm³/mol. The van der Waals surface area contributed by atoms with Gasteiger partial charge in [0.1, 0.15) is 11.4 Å². The highest BCUT2D eigenvalue weighted by molar-refractivity contribution is 7.18. The summed E-state index contributed by atoms with van der Waals surface area (Å²) in [5.41, 5.74) is 0.610. The second kappa shape index (κ2) is 6.04. The average molecular weight is 308 g/mol. The summed E-state index contributed by atoms with van der Waals surface area (Å²) < 4.78 is 1.20. The van der Waals surface area contributed by atoms with Gasteiger partial charge >= 0.3 is 6.03 Å². The summed E-state index contributed by atoms with van der Waals surface area (Å²) in [4.78, 5) is 41.2. The van der Waals surface area contributed by atoms with Gasteiger partial charge in [0.05, 0.1) is 11.7 Å². The number of hydrogen-bond donors (Lipinski definition) is 2. The minimum atomic E-state index is -0.577. The Morgan fingerprint density at radius 2 is 2.10 bits per heavy atom. The number of aryl methyl sites for hydroxylation is 2. The van der Waals surface area contributed by atoms with Crippen molar-refractivity contribution in [2.45, 2.75) is 27.3 Å². The van der Waals surface area contributed by atoms with Crippen LogP contribution in [0.1, 0.15) is 17.4 Å². The van der Waals surface area contributed by atoms with E-state index in [9.17, 15) is 14.4 Å². The number of urea groups is 1. The van der Waals surface area contributed by atoms with Gasteiger partial charge in [-0.05, 0) is 26.3 Å². The lowest BCUT2D eigenvalue weighted by atomic mass is 10.2. The quantitative estimate of drug-likeness (QED) is 0.882. The molecule has 8 heteroatoms. The summed E-state index contributed by atoms with van der Waals surface area (Å²) >= 11 is 1.45. The number of hydrogen-bond acceptors (Lipinski definition) is 5. The molecule has 3 amide bonds. The Kier molecular flexibility index (Phi) is 4.37. The first-order chi connectivity index (χ1) is 9.93. The van der Waals surface area contributed by atoms with E-state index in [2.05, 4.69) is 15.6 Å². The van der Waals surface area contributed by atoms with Crippen LogP contribution in [0, 0.1) is 13.8 Å². The number of carbonyl (C=O) groups is 2. The van der Waals surface area contributed by atoms with E-state index in [1.165, 1.54) is 22.2 Å². The van der Waals surface area contributed by atoms with E-state index in [0.717, 1.165) is 10.4 Å². The first-order valence-electron chi connectivity index (χ1n) is 6.46. The molecular formula is C13H16N4O3S. The lowest BCUT2D eigenvalue weighted by Gasteiger charge is -2.06. The largest absolute Gasteiger partial charge is 0.338 e. The number of aromatic nitrogens is 2. The van der Waals surface area contributed by atoms with Crippen LogP contribution >= 0.6 is 11.3 Å². The van der Waals surface area contributed by atoms with E-state index in [1.807, 2.05) is 13.8 Å². The van der Waals surface area contributed by atoms with E-state index >= 15 is 0 Å². The molecule has 112 valence electrons. The van der Waals surface area contributed by atoms with Gasteiger partial charge in [-0.15, -0.1) is 11.3 Å². The van der Waals surface area contributed by atoms with Crippen molar-refractivity contribution in [1.29, 1.82) is 0 Å². The summed E-state index contributed by atoms with van der Waals surface area (Å²) in [5, 5.41) is 5.13. The average Bonchev–Trinajstić information content (AvgIpc) is 2.69. The lowest BCUT2D eigenvalue weighted by molar-refractivity contribution is -0.120. The maximum Gasteiger partial charge on any atom is 0.321 e. The molecule has 7 nitrogen and oxygen atoms in total. The molecule has 0 radical (unpaired) electrons. The minimum absolute atomic E-state index is 0.243. The Morgan fingerprint density at radius 1 is 1.38 bits per heavy atom. The van der Waals surface area contributed by atoms with Crippen LogP contribution in [-0.2, 0) is 11.3 Å². The highest BCUT2D eigenvalue weighted by Crippen LogP contribution is 2.25. The first-order valence-corrected chi connectivity index (χ1v) is 7.28. The summed E-state index contributed by atoms with van der Waals surface area (Å²) in [6.45, 7) is 5.70. The smallest absolute Gasteiger partial charge is 0.321 e. The standard InChI is InChI=1S/C13H16N4O3S/c1-4-14-13(20)16-9(18)5-17-6-15-11-10(12(17)19)7(2)8(3)21-11/h6H,4-5H2,1-3H3,(H2,14,16,18,20). The van der Waals surface area contributed by atoms with Gasteiger partial charge in [0.2, 0.25) is 5.91 Å². The molecule has 2 aromatic heterocycles. The normalized spacial score (nSPS) is 10.6. The second-order valence-corrected chi connectivity index (χ2v) is 5.75. The van der Waals surface area contributed by atoms with Crippen LogP contribution in [0.3, 0.4) is 0 Å². The van der Waals surface area contributed by atoms with Crippen molar-refractivity contribution in [1.82, 2.24) is 20.2 Å². The number of nitrogens with one attached hydrogen (secondary N) is 2. The van der Waals surface area contributed by atoms with Crippen molar-refractivity contribution >= 4 is 33.5 Å². The molecule has 0 saturated carbocycles. The Bertz CT molecular complexity index is 763. The molecule has 0 bridgehead atoms. The molecule has 0 aromatic carbocycles. The SMILES string of the molecule is CCNC(=O)NC(=O)Cn1cnc2sc(C)c(C)c2c1=O. The van der Waals surface area contributed by atoms with Crippen molar-refractivity contribution in [2.75, 3.05) is 6.54 Å². The number of thiophene rings is 1. The van der Waals surface area contributed by atoms with E-state index in [4.69, 9.17) is 0 Å². The molecule has 0 saturated heterocycles. The summed E-state index contributed by atoms with van der Waals surface area (Å²) in [7, 11) is 0. The zero-order chi connectivity index (χ0) is 15.6. The van der Waals surface area contributed by atoms with Crippen LogP contribution in [0.25, 0.3) is 10.2 Å². The van der Waals surface area contributed by atoms with E-state index in [0.29, 0.717) is 16.8 Å². The van der Waals surface area contributed by atoms with E-state index in [1.54, 1.807) is 6.92 Å². The Balaban J connectivity index is 2.25. The highest BCUT2D eigenvalue weighted by Gasteiger charge is 2.14. The molecule has 0 aliphatic rings. The van der Waals surface area contributed by atoms with E-state index < -0.39 is 11.9 Å². The van der Waals surface area contributed by atoms with Gasteiger partial charge < -0.3 is 5.32 Å². The number of amides is 3. The minimum Gasteiger partial charge on any atom is -0.338 e. The number of nitrogens with zero attached hydrogens (tertiary/aromatic N) is 2. The summed E-state index contributed by atoms with van der Waals surface area (Å²) in [6, 6.07) is -0.577. The molecule has 0 atom stereocenters. The van der Waals surface area contributed by atoms with Gasteiger partial charge in [-0.3, -0.25) is 19.5 Å². The number of imide groups is 1. The maximum atomic E-state index is 12.4. The Labute approximate surface area is 125 Å². The third-order valence-electron chi connectivity index (χ3n) is 3.06. The van der Waals surface area contributed by atoms with Gasteiger partial charge in [-0.25, -0.2) is 9.78 Å². The second-order valence-electron chi connectivity index (χ2n) is 4.55. The van der Waals surface area contributed by atoms with Crippen LogP contribution in [0.2, 0.25) is 0 Å². The Hall–Kier alpha value is -2.22. The third-order valence-corrected chi connectivity index (χ3v) is 4.18. The van der Waals surface area contributed by atoms with Gasteiger partial charge in [-0.2, -0.15) is 0 Å². The van der Waals surface area contributed by atoms with Crippen LogP contribution in [-0.4, -0.2) is 28.0 Å². The number of carbonyl (C=O) groups excluding carboxylic acids is 2. The van der Waals surface area contributed by atoms with Crippen molar-refractivity contribution in [3.8, 4) is 0 Å². The molecule has 0 aliphatic carbocycles. The fraction of sp³-hybridized carbons (Fsp3) is 0.385. The van der Waals surface area contributed by atoms with Gasteiger partial charge in [0, 0.05) is 11.4 Å².